The standard InChI is InChI=1S/C17H21NO2/c1-20-17(19)14(10-12-6-2-3-7-12)15-11-18-16-9-5-4-8-13(15)16/h4-5,8-9,11-12,14,18H,2-3,6-7,10H2,1H3. The van der Waals surface area contributed by atoms with E-state index in [1.165, 1.54) is 32.8 Å². The highest BCUT2D eigenvalue weighted by Gasteiger charge is 2.28. The molecule has 0 radical (unpaired) electrons. The number of rotatable bonds is 4. The summed E-state index contributed by atoms with van der Waals surface area (Å²) in [6.07, 6.45) is 7.97. The van der Waals surface area contributed by atoms with E-state index in [9.17, 15) is 4.79 Å². The normalized spacial score (nSPS) is 17.4. The van der Waals surface area contributed by atoms with E-state index < -0.39 is 0 Å². The number of hydrogen-bond acceptors (Lipinski definition) is 2. The van der Waals surface area contributed by atoms with Crippen molar-refractivity contribution >= 4 is 16.9 Å². The van der Waals surface area contributed by atoms with E-state index in [1.54, 1.807) is 0 Å². The Morgan fingerprint density at radius 1 is 1.35 bits per heavy atom. The van der Waals surface area contributed by atoms with E-state index >= 15 is 0 Å². The van der Waals surface area contributed by atoms with Gasteiger partial charge in [-0.1, -0.05) is 43.9 Å². The maximum Gasteiger partial charge on any atom is 0.313 e. The Balaban J connectivity index is 1.93. The van der Waals surface area contributed by atoms with Crippen molar-refractivity contribution in [3.8, 4) is 0 Å². The second-order valence-electron chi connectivity index (χ2n) is 5.75. The van der Waals surface area contributed by atoms with Crippen LogP contribution in [-0.4, -0.2) is 18.1 Å². The first-order valence-corrected chi connectivity index (χ1v) is 7.43. The Kier molecular flexibility index (Phi) is 3.77. The molecule has 1 unspecified atom stereocenters. The largest absolute Gasteiger partial charge is 0.469 e. The first-order valence-electron chi connectivity index (χ1n) is 7.43. The zero-order valence-electron chi connectivity index (χ0n) is 11.9. The number of esters is 1. The molecule has 1 fully saturated rings. The summed E-state index contributed by atoms with van der Waals surface area (Å²) in [6.45, 7) is 0. The van der Waals surface area contributed by atoms with Crippen molar-refractivity contribution in [2.75, 3.05) is 7.11 Å². The number of aromatic amines is 1. The molecule has 106 valence electrons. The van der Waals surface area contributed by atoms with Gasteiger partial charge in [-0.3, -0.25) is 4.79 Å². The highest BCUT2D eigenvalue weighted by atomic mass is 16.5. The number of carbonyl (C=O) groups is 1. The Labute approximate surface area is 119 Å². The van der Waals surface area contributed by atoms with Crippen molar-refractivity contribution in [3.05, 3.63) is 36.0 Å². The Bertz CT molecular complexity index is 596. The summed E-state index contributed by atoms with van der Waals surface area (Å²) >= 11 is 0. The SMILES string of the molecule is COC(=O)C(CC1CCCC1)c1c[nH]c2ccccc12. The van der Waals surface area contributed by atoms with Gasteiger partial charge < -0.3 is 9.72 Å². The molecular weight excluding hydrogens is 250 g/mol. The van der Waals surface area contributed by atoms with Crippen molar-refractivity contribution < 1.29 is 9.53 Å². The molecule has 1 aromatic heterocycles. The van der Waals surface area contributed by atoms with Crippen LogP contribution in [0.3, 0.4) is 0 Å². The van der Waals surface area contributed by atoms with Crippen molar-refractivity contribution in [1.29, 1.82) is 0 Å². The van der Waals surface area contributed by atoms with Gasteiger partial charge in [0, 0.05) is 17.1 Å². The highest BCUT2D eigenvalue weighted by Crippen LogP contribution is 2.37. The monoisotopic (exact) mass is 271 g/mol. The molecule has 2 aromatic rings. The minimum atomic E-state index is -0.140. The third-order valence-corrected chi connectivity index (χ3v) is 4.53. The summed E-state index contributed by atoms with van der Waals surface area (Å²) in [5, 5.41) is 1.14. The average Bonchev–Trinajstić information content (AvgIpc) is 3.13. The van der Waals surface area contributed by atoms with Crippen LogP contribution in [0.25, 0.3) is 10.9 Å². The first kappa shape index (κ1) is 13.2. The van der Waals surface area contributed by atoms with E-state index in [0.29, 0.717) is 5.92 Å². The lowest BCUT2D eigenvalue weighted by Gasteiger charge is -2.18. The Morgan fingerprint density at radius 2 is 2.10 bits per heavy atom. The summed E-state index contributed by atoms with van der Waals surface area (Å²) in [5.41, 5.74) is 2.17. The summed E-state index contributed by atoms with van der Waals surface area (Å²) in [5.74, 6) is 0.411. The molecule has 1 N–H and O–H groups in total. The molecule has 1 heterocycles. The summed E-state index contributed by atoms with van der Waals surface area (Å²) < 4.78 is 5.04. The average molecular weight is 271 g/mol. The molecule has 0 saturated heterocycles. The maximum absolute atomic E-state index is 12.2. The van der Waals surface area contributed by atoms with Gasteiger partial charge in [-0.2, -0.15) is 0 Å². The van der Waals surface area contributed by atoms with Crippen LogP contribution in [0.4, 0.5) is 0 Å². The van der Waals surface area contributed by atoms with Crippen LogP contribution in [0.15, 0.2) is 30.5 Å². The van der Waals surface area contributed by atoms with Gasteiger partial charge in [-0.25, -0.2) is 0 Å². The van der Waals surface area contributed by atoms with Crippen molar-refractivity contribution in [1.82, 2.24) is 4.98 Å². The molecule has 0 aliphatic heterocycles. The number of nitrogens with one attached hydrogen (secondary N) is 1. The fourth-order valence-electron chi connectivity index (χ4n) is 3.45. The van der Waals surface area contributed by atoms with Crippen LogP contribution in [0.1, 0.15) is 43.6 Å². The van der Waals surface area contributed by atoms with Gasteiger partial charge in [0.05, 0.1) is 13.0 Å². The number of hydrogen-bond donors (Lipinski definition) is 1. The van der Waals surface area contributed by atoms with Gasteiger partial charge in [0.25, 0.3) is 0 Å². The molecule has 0 spiro atoms. The van der Waals surface area contributed by atoms with Crippen LogP contribution in [-0.2, 0) is 9.53 Å². The third kappa shape index (κ3) is 2.45. The van der Waals surface area contributed by atoms with Crippen molar-refractivity contribution in [2.24, 2.45) is 5.92 Å². The molecule has 3 heteroatoms. The molecule has 20 heavy (non-hydrogen) atoms. The second kappa shape index (κ2) is 5.70. The van der Waals surface area contributed by atoms with Crippen LogP contribution in [0.5, 0.6) is 0 Å². The minimum absolute atomic E-state index is 0.110. The number of fused-ring (bicyclic) bond motifs is 1. The van der Waals surface area contributed by atoms with Crippen LogP contribution < -0.4 is 0 Å². The van der Waals surface area contributed by atoms with E-state index in [4.69, 9.17) is 4.74 Å². The summed E-state index contributed by atoms with van der Waals surface area (Å²) in [4.78, 5) is 15.5. The zero-order valence-corrected chi connectivity index (χ0v) is 11.9. The number of methoxy groups -OCH3 is 1. The number of para-hydroxylation sites is 1. The van der Waals surface area contributed by atoms with Gasteiger partial charge in [-0.05, 0) is 24.0 Å². The predicted molar refractivity (Wildman–Crippen MR) is 79.6 cm³/mol. The lowest BCUT2D eigenvalue weighted by molar-refractivity contribution is -0.142. The van der Waals surface area contributed by atoms with Crippen LogP contribution in [0, 0.1) is 5.92 Å². The topological polar surface area (TPSA) is 42.1 Å². The van der Waals surface area contributed by atoms with E-state index in [2.05, 4.69) is 11.1 Å². The van der Waals surface area contributed by atoms with Gasteiger partial charge in [0.15, 0.2) is 0 Å². The van der Waals surface area contributed by atoms with Gasteiger partial charge in [0.1, 0.15) is 0 Å². The van der Waals surface area contributed by atoms with E-state index in [-0.39, 0.29) is 11.9 Å². The highest BCUT2D eigenvalue weighted by molar-refractivity contribution is 5.89. The number of H-pyrrole nitrogens is 1. The van der Waals surface area contributed by atoms with Gasteiger partial charge in [0.2, 0.25) is 0 Å². The van der Waals surface area contributed by atoms with Crippen LogP contribution in [0.2, 0.25) is 0 Å². The number of carbonyl (C=O) groups excluding carboxylic acids is 1. The van der Waals surface area contributed by atoms with Crippen molar-refractivity contribution in [2.45, 2.75) is 38.0 Å². The summed E-state index contributed by atoms with van der Waals surface area (Å²) in [7, 11) is 1.48. The quantitative estimate of drug-likeness (QED) is 0.854. The zero-order chi connectivity index (χ0) is 13.9. The molecule has 1 aliphatic carbocycles. The lowest BCUT2D eigenvalue weighted by Crippen LogP contribution is -2.17. The van der Waals surface area contributed by atoms with Gasteiger partial charge >= 0.3 is 5.97 Å². The van der Waals surface area contributed by atoms with E-state index in [0.717, 1.165) is 22.9 Å². The molecule has 1 aliphatic rings. The molecule has 1 atom stereocenters. The fraction of sp³-hybridized carbons (Fsp3) is 0.471. The predicted octanol–water partition coefficient (Wildman–Crippen LogP) is 4.00. The smallest absolute Gasteiger partial charge is 0.313 e. The maximum atomic E-state index is 12.2. The second-order valence-corrected chi connectivity index (χ2v) is 5.75. The third-order valence-electron chi connectivity index (χ3n) is 4.53. The first-order chi connectivity index (χ1) is 9.79. The number of ether oxygens (including phenoxy) is 1. The van der Waals surface area contributed by atoms with Crippen molar-refractivity contribution in [3.63, 3.8) is 0 Å². The molecule has 3 rings (SSSR count). The molecule has 1 saturated carbocycles. The Morgan fingerprint density at radius 3 is 2.85 bits per heavy atom. The number of benzene rings is 1. The van der Waals surface area contributed by atoms with E-state index in [1.807, 2.05) is 24.4 Å². The summed E-state index contributed by atoms with van der Waals surface area (Å²) in [6, 6.07) is 8.14. The Hall–Kier alpha value is -1.77. The number of aromatic nitrogens is 1. The molecule has 0 bridgehead atoms. The fourth-order valence-corrected chi connectivity index (χ4v) is 3.45. The van der Waals surface area contributed by atoms with Crippen LogP contribution >= 0.6 is 0 Å². The molecule has 3 nitrogen and oxygen atoms in total. The molecule has 1 aromatic carbocycles. The molecule has 0 amide bonds. The lowest BCUT2D eigenvalue weighted by atomic mass is 9.88. The molecular formula is C17H21NO2. The minimum Gasteiger partial charge on any atom is -0.469 e. The van der Waals surface area contributed by atoms with Gasteiger partial charge in [-0.15, -0.1) is 0 Å².